The van der Waals surface area contributed by atoms with Gasteiger partial charge in [-0.1, -0.05) is 6.07 Å². The molecule has 268 valence electrons. The van der Waals surface area contributed by atoms with E-state index in [1.807, 2.05) is 0 Å². The highest BCUT2D eigenvalue weighted by Gasteiger charge is 2.45. The van der Waals surface area contributed by atoms with E-state index in [1.54, 1.807) is 39.0 Å². The van der Waals surface area contributed by atoms with Gasteiger partial charge in [0.1, 0.15) is 11.6 Å². The Morgan fingerprint density at radius 1 is 0.771 bits per heavy atom. The van der Waals surface area contributed by atoms with Crippen LogP contribution in [-0.4, -0.2) is 139 Å². The summed E-state index contributed by atoms with van der Waals surface area (Å²) in [6.07, 6.45) is -0.304. The first kappa shape index (κ1) is 38.8. The molecule has 1 unspecified atom stereocenters. The van der Waals surface area contributed by atoms with Crippen molar-refractivity contribution in [3.63, 3.8) is 0 Å². The van der Waals surface area contributed by atoms with E-state index in [1.165, 1.54) is 0 Å². The van der Waals surface area contributed by atoms with Crippen LogP contribution in [0, 0.1) is 0 Å². The number of anilines is 1. The molecule has 2 heterocycles. The SMILES string of the molecule is CC(C)(C)OC(=O)NCCOCCOCCOCCOCCOCCOCCNc1cccc2c1C(=O)N(C1CCC(=O)NC1=O)C2=O. The molecule has 1 aromatic carbocycles. The minimum atomic E-state index is -1.01. The molecule has 48 heavy (non-hydrogen) atoms. The van der Waals surface area contributed by atoms with E-state index in [0.29, 0.717) is 98.1 Å². The molecule has 0 bridgehead atoms. The minimum Gasteiger partial charge on any atom is -0.444 e. The molecule has 3 rings (SSSR count). The number of ether oxygens (including phenoxy) is 7. The molecule has 1 atom stereocenters. The van der Waals surface area contributed by atoms with Crippen molar-refractivity contribution in [1.82, 2.24) is 15.5 Å². The summed E-state index contributed by atoms with van der Waals surface area (Å²) in [5, 5.41) is 7.93. The monoisotopic (exact) mass is 680 g/mol. The molecule has 16 heteroatoms. The first-order valence-electron chi connectivity index (χ1n) is 16.1. The highest BCUT2D eigenvalue weighted by Crippen LogP contribution is 2.32. The number of hydrogen-bond donors (Lipinski definition) is 3. The van der Waals surface area contributed by atoms with E-state index in [2.05, 4.69) is 16.0 Å². The summed E-state index contributed by atoms with van der Waals surface area (Å²) in [7, 11) is 0. The molecule has 1 aromatic rings. The molecular weight excluding hydrogens is 632 g/mol. The second-order valence-electron chi connectivity index (χ2n) is 11.7. The number of piperidine rings is 1. The highest BCUT2D eigenvalue weighted by molar-refractivity contribution is 6.25. The maximum atomic E-state index is 13.1. The molecule has 2 aliphatic rings. The fraction of sp³-hybridized carbons (Fsp3) is 0.656. The van der Waals surface area contributed by atoms with Crippen LogP contribution in [0.3, 0.4) is 0 Å². The number of hydrogen-bond acceptors (Lipinski definition) is 13. The number of rotatable bonds is 23. The normalized spacial score (nSPS) is 16.2. The van der Waals surface area contributed by atoms with Gasteiger partial charge in [-0.2, -0.15) is 0 Å². The molecule has 1 fully saturated rings. The van der Waals surface area contributed by atoms with Gasteiger partial charge < -0.3 is 43.8 Å². The lowest BCUT2D eigenvalue weighted by Crippen LogP contribution is -2.54. The van der Waals surface area contributed by atoms with Gasteiger partial charge in [0.25, 0.3) is 11.8 Å². The summed E-state index contributed by atoms with van der Waals surface area (Å²) in [4.78, 5) is 62.3. The number of fused-ring (bicyclic) bond motifs is 1. The quantitative estimate of drug-likeness (QED) is 0.110. The summed E-state index contributed by atoms with van der Waals surface area (Å²) in [5.41, 5.74) is 0.368. The number of imide groups is 2. The van der Waals surface area contributed by atoms with E-state index in [0.717, 1.165) is 4.90 Å². The first-order valence-corrected chi connectivity index (χ1v) is 16.1. The van der Waals surface area contributed by atoms with Crippen molar-refractivity contribution in [1.29, 1.82) is 0 Å². The molecule has 0 aromatic heterocycles. The predicted octanol–water partition coefficient (Wildman–Crippen LogP) is 1.12. The summed E-state index contributed by atoms with van der Waals surface area (Å²) in [6.45, 7) is 11.0. The lowest BCUT2D eigenvalue weighted by molar-refractivity contribution is -0.136. The molecule has 0 aliphatic carbocycles. The van der Waals surface area contributed by atoms with Crippen LogP contribution < -0.4 is 16.0 Å². The maximum Gasteiger partial charge on any atom is 0.407 e. The third-order valence-corrected chi connectivity index (χ3v) is 6.80. The van der Waals surface area contributed by atoms with Gasteiger partial charge in [0.15, 0.2) is 0 Å². The van der Waals surface area contributed by atoms with Crippen LogP contribution in [0.15, 0.2) is 18.2 Å². The lowest BCUT2D eigenvalue weighted by atomic mass is 10.0. The average molecular weight is 681 g/mol. The highest BCUT2D eigenvalue weighted by atomic mass is 16.6. The summed E-state index contributed by atoms with van der Waals surface area (Å²) >= 11 is 0. The van der Waals surface area contributed by atoms with Crippen molar-refractivity contribution in [2.24, 2.45) is 0 Å². The van der Waals surface area contributed by atoms with Crippen molar-refractivity contribution < 1.29 is 57.1 Å². The second kappa shape index (κ2) is 20.6. The van der Waals surface area contributed by atoms with Crippen LogP contribution in [0.4, 0.5) is 10.5 Å². The van der Waals surface area contributed by atoms with E-state index in [4.69, 9.17) is 33.2 Å². The van der Waals surface area contributed by atoms with Crippen LogP contribution in [0.25, 0.3) is 0 Å². The molecular formula is C32H48N4O12. The fourth-order valence-electron chi connectivity index (χ4n) is 4.66. The van der Waals surface area contributed by atoms with Crippen LogP contribution in [0.2, 0.25) is 0 Å². The number of alkyl carbamates (subject to hydrolysis) is 1. The van der Waals surface area contributed by atoms with Gasteiger partial charge in [0.2, 0.25) is 11.8 Å². The molecule has 16 nitrogen and oxygen atoms in total. The Balaban J connectivity index is 1.10. The van der Waals surface area contributed by atoms with E-state index >= 15 is 0 Å². The van der Waals surface area contributed by atoms with Gasteiger partial charge in [0.05, 0.1) is 90.4 Å². The Bertz CT molecular complexity index is 1220. The van der Waals surface area contributed by atoms with Crippen LogP contribution in [-0.2, 0) is 42.7 Å². The molecule has 0 saturated carbocycles. The second-order valence-corrected chi connectivity index (χ2v) is 11.7. The molecule has 0 radical (unpaired) electrons. The summed E-state index contributed by atoms with van der Waals surface area (Å²) < 4.78 is 37.9. The predicted molar refractivity (Wildman–Crippen MR) is 171 cm³/mol. The van der Waals surface area contributed by atoms with E-state index < -0.39 is 41.4 Å². The van der Waals surface area contributed by atoms with Crippen LogP contribution in [0.5, 0.6) is 0 Å². The Labute approximate surface area is 280 Å². The van der Waals surface area contributed by atoms with Crippen molar-refractivity contribution >= 4 is 35.4 Å². The lowest BCUT2D eigenvalue weighted by Gasteiger charge is -2.27. The van der Waals surface area contributed by atoms with Crippen LogP contribution >= 0.6 is 0 Å². The van der Waals surface area contributed by atoms with Crippen molar-refractivity contribution in [2.75, 3.05) is 97.7 Å². The number of carbonyl (C=O) groups is 5. The Kier molecular flexibility index (Phi) is 16.7. The topological polar surface area (TPSA) is 189 Å². The van der Waals surface area contributed by atoms with Crippen LogP contribution in [0.1, 0.15) is 54.3 Å². The average Bonchev–Trinajstić information content (AvgIpc) is 3.28. The van der Waals surface area contributed by atoms with Gasteiger partial charge >= 0.3 is 6.09 Å². The zero-order valence-corrected chi connectivity index (χ0v) is 28.0. The zero-order chi connectivity index (χ0) is 34.8. The van der Waals surface area contributed by atoms with Gasteiger partial charge in [-0.3, -0.25) is 29.4 Å². The fourth-order valence-corrected chi connectivity index (χ4v) is 4.66. The van der Waals surface area contributed by atoms with Crippen molar-refractivity contribution in [3.8, 4) is 0 Å². The Hall–Kier alpha value is -3.67. The van der Waals surface area contributed by atoms with E-state index in [-0.39, 0.29) is 24.0 Å². The maximum absolute atomic E-state index is 13.1. The number of carbonyl (C=O) groups excluding carboxylic acids is 5. The molecule has 0 spiro atoms. The number of nitrogens with one attached hydrogen (secondary N) is 3. The van der Waals surface area contributed by atoms with Crippen molar-refractivity contribution in [3.05, 3.63) is 29.3 Å². The zero-order valence-electron chi connectivity index (χ0n) is 28.0. The number of nitrogens with zero attached hydrogens (tertiary/aromatic N) is 1. The Morgan fingerprint density at radius 2 is 1.29 bits per heavy atom. The molecule has 3 N–H and O–H groups in total. The standard InChI is InChI=1S/C32H48N4O12/c1-32(2,3)48-31(41)34-10-12-43-14-16-45-18-20-47-22-21-46-19-17-44-15-13-42-11-9-33-24-6-4-5-23-27(24)30(40)36(29(23)39)25-7-8-26(37)35-28(25)38/h4-6,25,33H,7-22H2,1-3H3,(H,34,41)(H,35,37,38). The van der Waals surface area contributed by atoms with Gasteiger partial charge in [-0.25, -0.2) is 4.79 Å². The van der Waals surface area contributed by atoms with Crippen molar-refractivity contribution in [2.45, 2.75) is 45.3 Å². The number of benzene rings is 1. The first-order chi connectivity index (χ1) is 23.1. The number of amides is 5. The third-order valence-electron chi connectivity index (χ3n) is 6.80. The molecule has 2 aliphatic heterocycles. The molecule has 5 amide bonds. The largest absolute Gasteiger partial charge is 0.444 e. The Morgan fingerprint density at radius 3 is 1.81 bits per heavy atom. The smallest absolute Gasteiger partial charge is 0.407 e. The van der Waals surface area contributed by atoms with Gasteiger partial charge in [-0.15, -0.1) is 0 Å². The molecule has 1 saturated heterocycles. The summed E-state index contributed by atoms with van der Waals surface area (Å²) in [6, 6.07) is 3.89. The van der Waals surface area contributed by atoms with Gasteiger partial charge in [-0.05, 0) is 39.3 Å². The van der Waals surface area contributed by atoms with Gasteiger partial charge in [0, 0.05) is 25.2 Å². The summed E-state index contributed by atoms with van der Waals surface area (Å²) in [5.74, 6) is -2.18. The van der Waals surface area contributed by atoms with E-state index in [9.17, 15) is 24.0 Å². The third kappa shape index (κ3) is 13.4. The minimum absolute atomic E-state index is 0.0643.